The molecule has 76 heavy (non-hydrogen) atoms. The fourth-order valence-electron chi connectivity index (χ4n) is 11.9. The van der Waals surface area contributed by atoms with Crippen molar-refractivity contribution >= 4 is 62.4 Å². The van der Waals surface area contributed by atoms with Gasteiger partial charge in [-0.15, -0.1) is 0 Å². The first-order valence-corrected chi connectivity index (χ1v) is 26.6. The molecular weight excluding hydrogens is 921 g/mol. The number of para-hydroxylation sites is 3. The maximum atomic E-state index is 2.47. The Morgan fingerprint density at radius 2 is 0.763 bits per heavy atom. The smallest absolute Gasteiger partial charge is 0.0539 e. The van der Waals surface area contributed by atoms with Gasteiger partial charge in [0.2, 0.25) is 0 Å². The quantitative estimate of drug-likeness (QED) is 0.128. The van der Waals surface area contributed by atoms with Crippen LogP contribution < -0.4 is 9.80 Å². The van der Waals surface area contributed by atoms with Crippen LogP contribution in [0.15, 0.2) is 273 Å². The molecule has 362 valence electrons. The van der Waals surface area contributed by atoms with Gasteiger partial charge in [0, 0.05) is 73.2 Å². The van der Waals surface area contributed by atoms with E-state index < -0.39 is 0 Å². The van der Waals surface area contributed by atoms with E-state index in [1.54, 1.807) is 0 Å². The van der Waals surface area contributed by atoms with Crippen LogP contribution in [0.5, 0.6) is 0 Å². The molecule has 2 aliphatic rings. The van der Waals surface area contributed by atoms with Gasteiger partial charge in [0.15, 0.2) is 0 Å². The molecule has 0 N–H and O–H groups in total. The molecule has 0 saturated heterocycles. The van der Waals surface area contributed by atoms with Gasteiger partial charge in [0.1, 0.15) is 0 Å². The average Bonchev–Trinajstić information content (AvgIpc) is 4.04. The number of aryl methyl sites for hydroxylation is 1. The number of fused-ring (bicyclic) bond motifs is 6. The fraction of sp³-hybridized carbons (Fsp3) is 0.0556. The summed E-state index contributed by atoms with van der Waals surface area (Å²) in [6, 6.07) is 95.1. The molecule has 2 aliphatic carbocycles. The molecule has 2 heterocycles. The van der Waals surface area contributed by atoms with Crippen LogP contribution in [0.3, 0.4) is 0 Å². The van der Waals surface area contributed by atoms with Gasteiger partial charge < -0.3 is 18.9 Å². The van der Waals surface area contributed by atoms with Crippen molar-refractivity contribution in [1.82, 2.24) is 9.13 Å². The molecule has 4 nitrogen and oxygen atoms in total. The highest BCUT2D eigenvalue weighted by Crippen LogP contribution is 2.44. The second kappa shape index (κ2) is 19.3. The van der Waals surface area contributed by atoms with E-state index in [0.717, 1.165) is 54.1 Å². The van der Waals surface area contributed by atoms with Crippen molar-refractivity contribution in [2.75, 3.05) is 9.80 Å². The summed E-state index contributed by atoms with van der Waals surface area (Å²) in [6.07, 6.45) is 11.0. The molecule has 0 spiro atoms. The monoisotopic (exact) mass is 974 g/mol. The molecule has 0 radical (unpaired) electrons. The maximum absolute atomic E-state index is 2.47. The molecule has 0 atom stereocenters. The highest BCUT2D eigenvalue weighted by atomic mass is 15.2. The summed E-state index contributed by atoms with van der Waals surface area (Å²) < 4.78 is 4.89. The van der Waals surface area contributed by atoms with E-state index in [4.69, 9.17) is 0 Å². The van der Waals surface area contributed by atoms with E-state index in [9.17, 15) is 0 Å². The van der Waals surface area contributed by atoms with E-state index in [-0.39, 0.29) is 0 Å². The zero-order valence-electron chi connectivity index (χ0n) is 42.2. The number of nitrogens with zero attached hydrogens (tertiary/aromatic N) is 4. The summed E-state index contributed by atoms with van der Waals surface area (Å²) in [5.41, 5.74) is 24.2. The van der Waals surface area contributed by atoms with Crippen molar-refractivity contribution in [3.8, 4) is 44.8 Å². The van der Waals surface area contributed by atoms with Gasteiger partial charge in [-0.2, -0.15) is 0 Å². The van der Waals surface area contributed by atoms with Gasteiger partial charge in [0.05, 0.1) is 11.0 Å². The lowest BCUT2D eigenvalue weighted by Gasteiger charge is -2.31. The molecule has 0 unspecified atom stereocenters. The van der Waals surface area contributed by atoms with E-state index in [1.807, 2.05) is 0 Å². The number of rotatable bonds is 11. The third kappa shape index (κ3) is 8.12. The predicted octanol–water partition coefficient (Wildman–Crippen LogP) is 19.1. The van der Waals surface area contributed by atoms with Crippen LogP contribution in [0, 0.1) is 0 Å². The van der Waals surface area contributed by atoms with Crippen LogP contribution in [-0.2, 0) is 12.8 Å². The first kappa shape index (κ1) is 45.0. The van der Waals surface area contributed by atoms with Gasteiger partial charge in [-0.25, -0.2) is 0 Å². The molecule has 0 bridgehead atoms. The Labute approximate surface area is 444 Å². The Kier molecular flexibility index (Phi) is 11.4. The molecule has 0 amide bonds. The summed E-state index contributed by atoms with van der Waals surface area (Å²) >= 11 is 0. The average molecular weight is 975 g/mol. The topological polar surface area (TPSA) is 16.3 Å². The summed E-state index contributed by atoms with van der Waals surface area (Å²) in [5, 5.41) is 2.58. The van der Waals surface area contributed by atoms with Crippen molar-refractivity contribution < 1.29 is 0 Å². The van der Waals surface area contributed by atoms with Gasteiger partial charge in [0.25, 0.3) is 0 Å². The molecule has 10 aromatic carbocycles. The zero-order chi connectivity index (χ0) is 50.4. The SMILES string of the molecule is C1=Cc2c(c3cc(N(c4ccc(-c5ccccc5)cc4)c4ccc(-c5ccc(N(C6=Cc7c(n(-c8ccccc8)c8ccccc78)CC6)c6ccc(-c7ccccc7)cc6)cc5)cc4)ccc3n2-c2ccccc2)CC1. The van der Waals surface area contributed by atoms with Gasteiger partial charge in [-0.3, -0.25) is 0 Å². The Morgan fingerprint density at radius 1 is 0.329 bits per heavy atom. The maximum Gasteiger partial charge on any atom is 0.0539 e. The Hall–Kier alpha value is -9.64. The summed E-state index contributed by atoms with van der Waals surface area (Å²) in [7, 11) is 0. The summed E-state index contributed by atoms with van der Waals surface area (Å²) in [4.78, 5) is 4.88. The third-order valence-electron chi connectivity index (χ3n) is 15.5. The van der Waals surface area contributed by atoms with Crippen LogP contribution in [-0.4, -0.2) is 9.13 Å². The Morgan fingerprint density at radius 3 is 1.30 bits per heavy atom. The normalized spacial score (nSPS) is 12.8. The van der Waals surface area contributed by atoms with Crippen molar-refractivity contribution in [2.45, 2.75) is 25.7 Å². The summed E-state index contributed by atoms with van der Waals surface area (Å²) in [5.74, 6) is 0. The molecule has 2 aromatic heterocycles. The minimum absolute atomic E-state index is 0.899. The van der Waals surface area contributed by atoms with Crippen LogP contribution in [0.4, 0.5) is 28.4 Å². The number of allylic oxidation sites excluding steroid dienone is 2. The van der Waals surface area contributed by atoms with E-state index >= 15 is 0 Å². The van der Waals surface area contributed by atoms with Crippen molar-refractivity contribution in [1.29, 1.82) is 0 Å². The standard InChI is InChI=1S/C72H54N4/c1-5-17-51(18-6-1)53-29-37-59(38-30-53)73(63-45-47-71-67(49-63)65-25-13-15-27-69(65)75(71)57-21-9-3-10-22-57)61-41-33-55(34-42-61)56-35-43-62(44-36-56)74(60-39-31-54(32-40-60)52-19-7-2-8-20-52)64-46-48-72-68(50-64)66-26-14-16-28-70(66)76(72)58-23-11-4-12-24-58/h1-13,15-25,27-44,46,48-50H,14,26,45,47H2. The molecule has 0 saturated carbocycles. The third-order valence-corrected chi connectivity index (χ3v) is 15.5. The van der Waals surface area contributed by atoms with Crippen molar-refractivity contribution in [2.24, 2.45) is 0 Å². The second-order valence-electron chi connectivity index (χ2n) is 20.0. The van der Waals surface area contributed by atoms with E-state index in [2.05, 4.69) is 298 Å². The molecular formula is C72H54N4. The number of benzene rings is 10. The number of anilines is 5. The minimum Gasteiger partial charge on any atom is -0.314 e. The number of aromatic nitrogens is 2. The van der Waals surface area contributed by atoms with Crippen LogP contribution in [0.2, 0.25) is 0 Å². The van der Waals surface area contributed by atoms with Gasteiger partial charge >= 0.3 is 0 Å². The zero-order valence-corrected chi connectivity index (χ0v) is 42.2. The molecule has 14 rings (SSSR count). The fourth-order valence-corrected chi connectivity index (χ4v) is 11.9. The molecule has 0 aliphatic heterocycles. The van der Waals surface area contributed by atoms with Crippen molar-refractivity contribution in [3.05, 3.63) is 295 Å². The second-order valence-corrected chi connectivity index (χ2v) is 20.0. The number of hydrogen-bond acceptors (Lipinski definition) is 2. The van der Waals surface area contributed by atoms with Gasteiger partial charge in [-0.1, -0.05) is 170 Å². The molecule has 0 fully saturated rings. The van der Waals surface area contributed by atoms with Crippen LogP contribution >= 0.6 is 0 Å². The lowest BCUT2D eigenvalue weighted by Crippen LogP contribution is -2.19. The van der Waals surface area contributed by atoms with Gasteiger partial charge in [-0.05, 0) is 174 Å². The van der Waals surface area contributed by atoms with E-state index in [1.165, 1.54) is 94.8 Å². The lowest BCUT2D eigenvalue weighted by atomic mass is 9.97. The van der Waals surface area contributed by atoms with Crippen molar-refractivity contribution in [3.63, 3.8) is 0 Å². The first-order chi connectivity index (χ1) is 37.7. The van der Waals surface area contributed by atoms with E-state index in [0.29, 0.717) is 0 Å². The lowest BCUT2D eigenvalue weighted by molar-refractivity contribution is 0.838. The first-order valence-electron chi connectivity index (χ1n) is 26.6. The molecule has 12 aromatic rings. The highest BCUT2D eigenvalue weighted by Gasteiger charge is 2.26. The predicted molar refractivity (Wildman–Crippen MR) is 320 cm³/mol. The Balaban J connectivity index is 0.832. The minimum atomic E-state index is 0.899. The Bertz CT molecular complexity index is 4090. The highest BCUT2D eigenvalue weighted by molar-refractivity contribution is 5.96. The molecule has 4 heteroatoms. The summed E-state index contributed by atoms with van der Waals surface area (Å²) in [6.45, 7) is 0. The van der Waals surface area contributed by atoms with Crippen LogP contribution in [0.25, 0.3) is 78.7 Å². The van der Waals surface area contributed by atoms with Crippen LogP contribution in [0.1, 0.15) is 35.4 Å². The number of hydrogen-bond donors (Lipinski definition) is 0. The largest absolute Gasteiger partial charge is 0.314 e.